The van der Waals surface area contributed by atoms with Gasteiger partial charge in [-0.15, -0.1) is 0 Å². The Morgan fingerprint density at radius 1 is 0.727 bits per heavy atom. The van der Waals surface area contributed by atoms with Crippen LogP contribution in [0.15, 0.2) is 18.2 Å². The molecule has 2 atom stereocenters. The summed E-state index contributed by atoms with van der Waals surface area (Å²) in [6.07, 6.45) is 0. The Morgan fingerprint density at radius 2 is 1.14 bits per heavy atom. The van der Waals surface area contributed by atoms with Crippen molar-refractivity contribution < 1.29 is 0 Å². The lowest BCUT2D eigenvalue weighted by molar-refractivity contribution is 0.789. The average Bonchev–Trinajstić information content (AvgIpc) is 2.33. The van der Waals surface area contributed by atoms with Gasteiger partial charge in [-0.2, -0.15) is 0 Å². The molecule has 0 aromatic heterocycles. The molecule has 2 unspecified atom stereocenters. The molecular formula is C19H36P2Si. The molecule has 1 aromatic rings. The van der Waals surface area contributed by atoms with Crippen molar-refractivity contribution in [1.82, 2.24) is 0 Å². The molecule has 0 radical (unpaired) electrons. The summed E-state index contributed by atoms with van der Waals surface area (Å²) >= 11 is 0. The predicted molar refractivity (Wildman–Crippen MR) is 114 cm³/mol. The highest BCUT2D eigenvalue weighted by molar-refractivity contribution is 7.72. The van der Waals surface area contributed by atoms with Crippen molar-refractivity contribution in [2.24, 2.45) is 0 Å². The maximum atomic E-state index is 2.59. The van der Waals surface area contributed by atoms with Crippen molar-refractivity contribution in [3.05, 3.63) is 18.2 Å². The molecule has 126 valence electrons. The number of rotatable bonds is 3. The Kier molecular flexibility index (Phi) is 6.16. The molecule has 0 nitrogen and oxygen atoms in total. The Labute approximate surface area is 143 Å². The van der Waals surface area contributed by atoms with Gasteiger partial charge < -0.3 is 0 Å². The predicted octanol–water partition coefficient (Wildman–Crippen LogP) is 5.30. The van der Waals surface area contributed by atoms with Gasteiger partial charge in [0, 0.05) is 0 Å². The first-order valence-electron chi connectivity index (χ1n) is 8.28. The zero-order valence-electron chi connectivity index (χ0n) is 16.6. The molecule has 0 fully saturated rings. The first-order chi connectivity index (χ1) is 9.65. The van der Waals surface area contributed by atoms with Gasteiger partial charge in [0.25, 0.3) is 0 Å². The Balaban J connectivity index is 3.52. The van der Waals surface area contributed by atoms with E-state index >= 15 is 0 Å². The third kappa shape index (κ3) is 4.89. The molecule has 0 bridgehead atoms. The lowest BCUT2D eigenvalue weighted by Gasteiger charge is -2.36. The van der Waals surface area contributed by atoms with E-state index in [0.29, 0.717) is 10.3 Å². The quantitative estimate of drug-likeness (QED) is 0.510. The topological polar surface area (TPSA) is 0 Å². The SMILES string of the molecule is CP(c1ccc([Si](C)(C)C)cc1P(C)C(C)(C)C)C(C)(C)C. The van der Waals surface area contributed by atoms with Crippen LogP contribution in [-0.4, -0.2) is 31.7 Å². The molecule has 0 saturated carbocycles. The van der Waals surface area contributed by atoms with Gasteiger partial charge in [0.2, 0.25) is 0 Å². The van der Waals surface area contributed by atoms with Gasteiger partial charge in [0.05, 0.1) is 8.07 Å². The molecule has 0 spiro atoms. The van der Waals surface area contributed by atoms with Crippen LogP contribution in [0.3, 0.4) is 0 Å². The van der Waals surface area contributed by atoms with E-state index in [1.807, 2.05) is 0 Å². The normalized spacial score (nSPS) is 16.5. The zero-order valence-corrected chi connectivity index (χ0v) is 19.4. The van der Waals surface area contributed by atoms with Crippen molar-refractivity contribution in [1.29, 1.82) is 0 Å². The highest BCUT2D eigenvalue weighted by atomic mass is 31.1. The molecule has 0 aliphatic rings. The fraction of sp³-hybridized carbons (Fsp3) is 0.684. The van der Waals surface area contributed by atoms with Crippen LogP contribution in [0, 0.1) is 0 Å². The Bertz CT molecular complexity index is 516. The number of benzene rings is 1. The molecule has 0 aliphatic carbocycles. The molecule has 1 aromatic carbocycles. The van der Waals surface area contributed by atoms with E-state index in [4.69, 9.17) is 0 Å². The zero-order chi connectivity index (χ0) is 17.5. The molecular weight excluding hydrogens is 318 g/mol. The molecule has 22 heavy (non-hydrogen) atoms. The van der Waals surface area contributed by atoms with E-state index in [-0.39, 0.29) is 15.8 Å². The second-order valence-corrected chi connectivity index (χ2v) is 20.4. The van der Waals surface area contributed by atoms with Crippen LogP contribution in [0.4, 0.5) is 0 Å². The fourth-order valence-corrected chi connectivity index (χ4v) is 7.35. The summed E-state index contributed by atoms with van der Waals surface area (Å²) in [5.74, 6) is 0. The van der Waals surface area contributed by atoms with E-state index in [2.05, 4.69) is 92.7 Å². The average molecular weight is 355 g/mol. The van der Waals surface area contributed by atoms with Crippen molar-refractivity contribution in [2.75, 3.05) is 13.3 Å². The van der Waals surface area contributed by atoms with E-state index in [9.17, 15) is 0 Å². The lowest BCUT2D eigenvalue weighted by Crippen LogP contribution is -2.42. The second kappa shape index (κ2) is 6.66. The standard InChI is InChI=1S/C19H36P2Si/c1-18(2,3)20(7)16-13-12-15(22(9,10)11)14-17(16)21(8)19(4,5)6/h12-14H,1-11H3. The second-order valence-electron chi connectivity index (χ2n) is 9.41. The summed E-state index contributed by atoms with van der Waals surface area (Å²) in [5.41, 5.74) is 0. The first-order valence-corrected chi connectivity index (χ1v) is 15.4. The van der Waals surface area contributed by atoms with Gasteiger partial charge in [-0.05, 0) is 34.3 Å². The third-order valence-electron chi connectivity index (χ3n) is 4.58. The summed E-state index contributed by atoms with van der Waals surface area (Å²) < 4.78 is 0. The summed E-state index contributed by atoms with van der Waals surface area (Å²) in [4.78, 5) is 0. The van der Waals surface area contributed by atoms with Crippen LogP contribution in [0.2, 0.25) is 19.6 Å². The Morgan fingerprint density at radius 3 is 1.50 bits per heavy atom. The molecule has 1 rings (SSSR count). The summed E-state index contributed by atoms with van der Waals surface area (Å²) in [7, 11) is -1.53. The first kappa shape index (κ1) is 20.3. The van der Waals surface area contributed by atoms with Crippen molar-refractivity contribution >= 4 is 39.7 Å². The van der Waals surface area contributed by atoms with Crippen LogP contribution in [0.5, 0.6) is 0 Å². The Hall–Kier alpha value is 0.297. The monoisotopic (exact) mass is 354 g/mol. The molecule has 0 heterocycles. The highest BCUT2D eigenvalue weighted by Gasteiger charge is 2.30. The van der Waals surface area contributed by atoms with Crippen molar-refractivity contribution in [3.8, 4) is 0 Å². The maximum Gasteiger partial charge on any atom is 0.0776 e. The summed E-state index contributed by atoms with van der Waals surface area (Å²) in [5, 5.41) is 5.68. The number of hydrogen-bond acceptors (Lipinski definition) is 0. The van der Waals surface area contributed by atoms with Crippen LogP contribution < -0.4 is 15.8 Å². The van der Waals surface area contributed by atoms with Crippen LogP contribution in [-0.2, 0) is 0 Å². The number of hydrogen-bond donors (Lipinski definition) is 0. The molecule has 0 aliphatic heterocycles. The minimum absolute atomic E-state index is 0.134. The minimum atomic E-state index is -1.26. The smallest absolute Gasteiger partial charge is 0.0723 e. The largest absolute Gasteiger partial charge is 0.0776 e. The fourth-order valence-electron chi connectivity index (χ4n) is 2.26. The van der Waals surface area contributed by atoms with E-state index in [0.717, 1.165) is 0 Å². The van der Waals surface area contributed by atoms with E-state index in [1.54, 1.807) is 15.8 Å². The van der Waals surface area contributed by atoms with Crippen molar-refractivity contribution in [2.45, 2.75) is 71.5 Å². The van der Waals surface area contributed by atoms with Crippen LogP contribution in [0.25, 0.3) is 0 Å². The van der Waals surface area contributed by atoms with Gasteiger partial charge in [-0.1, -0.05) is 100 Å². The molecule has 0 saturated heterocycles. The van der Waals surface area contributed by atoms with Gasteiger partial charge in [-0.25, -0.2) is 0 Å². The van der Waals surface area contributed by atoms with Crippen molar-refractivity contribution in [3.63, 3.8) is 0 Å². The van der Waals surface area contributed by atoms with Gasteiger partial charge in [0.1, 0.15) is 0 Å². The summed E-state index contributed by atoms with van der Waals surface area (Å²) in [6.45, 7) is 26.7. The third-order valence-corrected chi connectivity index (χ3v) is 13.0. The summed E-state index contributed by atoms with van der Waals surface area (Å²) in [6, 6.07) is 7.50. The van der Waals surface area contributed by atoms with E-state index < -0.39 is 8.07 Å². The molecule has 0 N–H and O–H groups in total. The maximum absolute atomic E-state index is 2.59. The van der Waals surface area contributed by atoms with Gasteiger partial charge in [0.15, 0.2) is 0 Å². The van der Waals surface area contributed by atoms with Gasteiger partial charge in [-0.3, -0.25) is 0 Å². The molecule has 0 amide bonds. The van der Waals surface area contributed by atoms with E-state index in [1.165, 1.54) is 0 Å². The minimum Gasteiger partial charge on any atom is -0.0723 e. The van der Waals surface area contributed by atoms with Gasteiger partial charge >= 0.3 is 0 Å². The molecule has 3 heteroatoms. The van der Waals surface area contributed by atoms with Crippen LogP contribution in [0.1, 0.15) is 41.5 Å². The highest BCUT2D eigenvalue weighted by Crippen LogP contribution is 2.49. The lowest BCUT2D eigenvalue weighted by atomic mass is 10.2. The van der Waals surface area contributed by atoms with Crippen LogP contribution >= 0.6 is 15.8 Å².